The number of likely N-dealkylation sites (tertiary alicyclic amines) is 1. The van der Waals surface area contributed by atoms with Crippen LogP contribution in [0.5, 0.6) is 0 Å². The Morgan fingerprint density at radius 3 is 2.55 bits per heavy atom. The normalized spacial score (nSPS) is 31.9. The van der Waals surface area contributed by atoms with Gasteiger partial charge in [0.1, 0.15) is 11.6 Å². The Morgan fingerprint density at radius 2 is 1.95 bits per heavy atom. The molecule has 3 fully saturated rings. The topological polar surface area (TPSA) is 60.9 Å². The third kappa shape index (κ3) is 1.88. The predicted molar refractivity (Wildman–Crippen MR) is 81.1 cm³/mol. The van der Waals surface area contributed by atoms with Crippen molar-refractivity contribution in [1.82, 2.24) is 14.7 Å². The van der Waals surface area contributed by atoms with Crippen LogP contribution < -0.4 is 0 Å². The van der Waals surface area contributed by atoms with Gasteiger partial charge in [-0.05, 0) is 39.5 Å². The molecule has 3 saturated heterocycles. The summed E-state index contributed by atoms with van der Waals surface area (Å²) >= 11 is 0. The second-order valence-electron chi connectivity index (χ2n) is 6.92. The second-order valence-corrected chi connectivity index (χ2v) is 6.92. The molecular formula is C16H25N3O3. The summed E-state index contributed by atoms with van der Waals surface area (Å²) in [4.78, 5) is 43.1. The minimum absolute atomic E-state index is 0.0791. The molecule has 0 bridgehead atoms. The Balaban J connectivity index is 1.89. The number of imide groups is 1. The first-order valence-corrected chi connectivity index (χ1v) is 8.40. The quantitative estimate of drug-likeness (QED) is 0.741. The van der Waals surface area contributed by atoms with Gasteiger partial charge in [-0.1, -0.05) is 13.3 Å². The Morgan fingerprint density at radius 1 is 1.23 bits per heavy atom. The molecule has 122 valence electrons. The average Bonchev–Trinajstić information content (AvgIpc) is 3.09. The van der Waals surface area contributed by atoms with E-state index in [1.165, 1.54) is 4.90 Å². The van der Waals surface area contributed by atoms with Gasteiger partial charge in [-0.25, -0.2) is 9.69 Å². The highest BCUT2D eigenvalue weighted by Gasteiger charge is 2.61. The summed E-state index contributed by atoms with van der Waals surface area (Å²) in [5, 5.41) is 0. The Hall–Kier alpha value is -1.59. The van der Waals surface area contributed by atoms with Crippen LogP contribution in [0.1, 0.15) is 52.9 Å². The molecule has 0 radical (unpaired) electrons. The third-order valence-electron chi connectivity index (χ3n) is 5.35. The van der Waals surface area contributed by atoms with Crippen LogP contribution in [0.2, 0.25) is 0 Å². The van der Waals surface area contributed by atoms with E-state index in [0.29, 0.717) is 25.9 Å². The lowest BCUT2D eigenvalue weighted by Gasteiger charge is -2.27. The first-order chi connectivity index (χ1) is 10.4. The van der Waals surface area contributed by atoms with Crippen molar-refractivity contribution in [2.24, 2.45) is 0 Å². The van der Waals surface area contributed by atoms with Crippen LogP contribution in [0.4, 0.5) is 4.79 Å². The number of nitrogens with zero attached hydrogens (tertiary/aromatic N) is 3. The van der Waals surface area contributed by atoms with E-state index in [4.69, 9.17) is 0 Å². The number of hydrogen-bond donors (Lipinski definition) is 0. The molecule has 3 aliphatic rings. The molecule has 0 unspecified atom stereocenters. The van der Waals surface area contributed by atoms with Gasteiger partial charge in [0.15, 0.2) is 0 Å². The number of hydrogen-bond acceptors (Lipinski definition) is 3. The zero-order chi connectivity index (χ0) is 16.1. The molecule has 0 spiro atoms. The third-order valence-corrected chi connectivity index (χ3v) is 5.35. The number of fused-ring (bicyclic) bond motifs is 1. The average molecular weight is 307 g/mol. The maximum Gasteiger partial charge on any atom is 0.328 e. The van der Waals surface area contributed by atoms with Crippen LogP contribution in [0, 0.1) is 0 Å². The predicted octanol–water partition coefficient (Wildman–Crippen LogP) is 1.59. The molecule has 0 N–H and O–H groups in total. The lowest BCUT2D eigenvalue weighted by Crippen LogP contribution is -2.49. The molecule has 2 atom stereocenters. The van der Waals surface area contributed by atoms with Gasteiger partial charge in [-0.2, -0.15) is 0 Å². The van der Waals surface area contributed by atoms with Crippen molar-refractivity contribution in [3.63, 3.8) is 0 Å². The summed E-state index contributed by atoms with van der Waals surface area (Å²) in [5.74, 6) is -0.217. The molecule has 3 heterocycles. The van der Waals surface area contributed by atoms with Gasteiger partial charge in [0.2, 0.25) is 5.91 Å². The molecule has 0 aromatic heterocycles. The fourth-order valence-electron chi connectivity index (χ4n) is 4.31. The molecule has 22 heavy (non-hydrogen) atoms. The van der Waals surface area contributed by atoms with E-state index in [1.54, 1.807) is 9.80 Å². The lowest BCUT2D eigenvalue weighted by molar-refractivity contribution is -0.141. The molecule has 0 aromatic carbocycles. The van der Waals surface area contributed by atoms with Crippen LogP contribution in [0.3, 0.4) is 0 Å². The fourth-order valence-corrected chi connectivity index (χ4v) is 4.31. The Labute approximate surface area is 131 Å². The minimum atomic E-state index is -0.669. The van der Waals surface area contributed by atoms with Gasteiger partial charge < -0.3 is 9.80 Å². The van der Waals surface area contributed by atoms with Crippen LogP contribution in [-0.2, 0) is 9.59 Å². The monoisotopic (exact) mass is 307 g/mol. The lowest BCUT2D eigenvalue weighted by atomic mass is 9.90. The van der Waals surface area contributed by atoms with Gasteiger partial charge >= 0.3 is 6.03 Å². The minimum Gasteiger partial charge on any atom is -0.338 e. The summed E-state index contributed by atoms with van der Waals surface area (Å²) in [7, 11) is 0. The summed E-state index contributed by atoms with van der Waals surface area (Å²) < 4.78 is 0. The molecule has 0 aliphatic carbocycles. The number of carbonyl (C=O) groups is 3. The van der Waals surface area contributed by atoms with Crippen LogP contribution >= 0.6 is 0 Å². The first kappa shape index (κ1) is 15.3. The molecule has 4 amide bonds. The van der Waals surface area contributed by atoms with E-state index >= 15 is 0 Å². The molecule has 3 aliphatic heterocycles. The number of amides is 4. The highest BCUT2D eigenvalue weighted by atomic mass is 16.2. The summed E-state index contributed by atoms with van der Waals surface area (Å²) in [6, 6.07) is -0.739. The second kappa shape index (κ2) is 5.25. The highest BCUT2D eigenvalue weighted by Crippen LogP contribution is 2.42. The molecule has 0 aromatic rings. The van der Waals surface area contributed by atoms with Crippen molar-refractivity contribution in [3.05, 3.63) is 0 Å². The molecule has 6 nitrogen and oxygen atoms in total. The van der Waals surface area contributed by atoms with E-state index in [-0.39, 0.29) is 23.9 Å². The van der Waals surface area contributed by atoms with Crippen molar-refractivity contribution < 1.29 is 14.4 Å². The number of carbonyl (C=O) groups excluding carboxylic acids is 3. The smallest absolute Gasteiger partial charge is 0.328 e. The molecular weight excluding hydrogens is 282 g/mol. The Bertz CT molecular complexity index is 519. The maximum absolute atomic E-state index is 13.0. The van der Waals surface area contributed by atoms with Crippen molar-refractivity contribution >= 4 is 17.8 Å². The van der Waals surface area contributed by atoms with E-state index < -0.39 is 11.6 Å². The maximum atomic E-state index is 13.0. The molecule has 6 heteroatoms. The van der Waals surface area contributed by atoms with Gasteiger partial charge in [0, 0.05) is 19.1 Å². The Kier molecular flexibility index (Phi) is 3.65. The van der Waals surface area contributed by atoms with Crippen LogP contribution in [-0.4, -0.2) is 63.3 Å². The van der Waals surface area contributed by atoms with E-state index in [0.717, 1.165) is 19.3 Å². The summed E-state index contributed by atoms with van der Waals surface area (Å²) in [6.45, 7) is 7.22. The van der Waals surface area contributed by atoms with Crippen molar-refractivity contribution in [1.29, 1.82) is 0 Å². The van der Waals surface area contributed by atoms with Gasteiger partial charge in [0.25, 0.3) is 5.91 Å². The first-order valence-electron chi connectivity index (χ1n) is 8.40. The van der Waals surface area contributed by atoms with E-state index in [2.05, 4.69) is 0 Å². The van der Waals surface area contributed by atoms with E-state index in [1.807, 2.05) is 20.8 Å². The highest BCUT2D eigenvalue weighted by molar-refractivity contribution is 6.10. The molecule has 3 rings (SSSR count). The van der Waals surface area contributed by atoms with Crippen LogP contribution in [0.15, 0.2) is 0 Å². The fraction of sp³-hybridized carbons (Fsp3) is 0.812. The SMILES string of the molecule is CCC[C@@]12CCCN1C(=O)N([C@@H]1CCN(C(C)C)C1=O)C2=O. The standard InChI is InChI=1S/C16H25N3O3/c1-4-7-16-8-5-9-18(16)15(22)19(14(16)21)12-6-10-17(11(2)3)13(12)20/h11-12H,4-10H2,1-3H3/t12-,16+/m1/s1. The van der Waals surface area contributed by atoms with Gasteiger partial charge in [-0.15, -0.1) is 0 Å². The number of rotatable bonds is 4. The zero-order valence-corrected chi connectivity index (χ0v) is 13.7. The van der Waals surface area contributed by atoms with Crippen molar-refractivity contribution in [3.8, 4) is 0 Å². The van der Waals surface area contributed by atoms with Crippen molar-refractivity contribution in [2.45, 2.75) is 70.5 Å². The zero-order valence-electron chi connectivity index (χ0n) is 13.7. The van der Waals surface area contributed by atoms with Gasteiger partial charge in [0.05, 0.1) is 0 Å². The van der Waals surface area contributed by atoms with Gasteiger partial charge in [-0.3, -0.25) is 9.59 Å². The van der Waals surface area contributed by atoms with E-state index in [9.17, 15) is 14.4 Å². The molecule has 0 saturated carbocycles. The largest absolute Gasteiger partial charge is 0.338 e. The van der Waals surface area contributed by atoms with Crippen molar-refractivity contribution in [2.75, 3.05) is 13.1 Å². The number of urea groups is 1. The van der Waals surface area contributed by atoms with Crippen LogP contribution in [0.25, 0.3) is 0 Å². The summed E-state index contributed by atoms with van der Waals surface area (Å²) in [5.41, 5.74) is -0.669. The summed E-state index contributed by atoms with van der Waals surface area (Å²) in [6.07, 6.45) is 3.73.